The average Bonchev–Trinajstić information content (AvgIpc) is 2.25. The predicted molar refractivity (Wildman–Crippen MR) is 42.5 cm³/mol. The van der Waals surface area contributed by atoms with Crippen LogP contribution >= 0.6 is 11.8 Å². The van der Waals surface area contributed by atoms with Crippen LogP contribution in [0.3, 0.4) is 0 Å². The van der Waals surface area contributed by atoms with Crippen molar-refractivity contribution in [3.05, 3.63) is 0 Å². The Kier molecular flexibility index (Phi) is 2.53. The third kappa shape index (κ3) is 1.51. The molecule has 6 heteroatoms. The second-order valence-corrected chi connectivity index (χ2v) is 4.05. The van der Waals surface area contributed by atoms with Crippen molar-refractivity contribution in [1.29, 1.82) is 0 Å². The van der Waals surface area contributed by atoms with Crippen LogP contribution < -0.4 is 0 Å². The van der Waals surface area contributed by atoms with Crippen molar-refractivity contribution in [3.63, 3.8) is 0 Å². The quantitative estimate of drug-likeness (QED) is 0.624. The number of hydrogen-bond donors (Lipinski definition) is 0. The highest BCUT2D eigenvalue weighted by atomic mass is 32.2. The fourth-order valence-corrected chi connectivity index (χ4v) is 2.17. The van der Waals surface area contributed by atoms with Crippen LogP contribution in [0.5, 0.6) is 0 Å². The van der Waals surface area contributed by atoms with Crippen LogP contribution in [0.1, 0.15) is 13.3 Å². The number of alkyl halides is 3. The minimum atomic E-state index is -4.53. The fraction of sp³-hybridized carbons (Fsp3) is 0.857. The molecule has 1 heterocycles. The lowest BCUT2D eigenvalue weighted by atomic mass is 10.0. The molecular formula is C7H9F3O2S. The number of thioether (sulfide) groups is 1. The van der Waals surface area contributed by atoms with Crippen LogP contribution in [0.4, 0.5) is 13.2 Å². The molecule has 0 aromatic rings. The Labute approximate surface area is 77.8 Å². The van der Waals surface area contributed by atoms with Crippen LogP contribution in [0.15, 0.2) is 0 Å². The van der Waals surface area contributed by atoms with Gasteiger partial charge in [0.15, 0.2) is 0 Å². The van der Waals surface area contributed by atoms with Crippen molar-refractivity contribution in [2.24, 2.45) is 0 Å². The van der Waals surface area contributed by atoms with Gasteiger partial charge >= 0.3 is 12.1 Å². The number of halogens is 3. The van der Waals surface area contributed by atoms with Crippen LogP contribution in [0.2, 0.25) is 0 Å². The maximum Gasteiger partial charge on any atom is 0.413 e. The summed E-state index contributed by atoms with van der Waals surface area (Å²) in [6.45, 7) is 1.46. The maximum absolute atomic E-state index is 12.5. The molecule has 0 aliphatic carbocycles. The fourth-order valence-electron chi connectivity index (χ4n) is 1.32. The largest absolute Gasteiger partial charge is 0.461 e. The molecule has 2 nitrogen and oxygen atoms in total. The van der Waals surface area contributed by atoms with E-state index in [1.807, 2.05) is 0 Å². The SMILES string of the molecule is CSC1(C(F)(F)F)CC(C)OC1=O. The van der Waals surface area contributed by atoms with Gasteiger partial charge in [0.1, 0.15) is 6.10 Å². The molecule has 0 radical (unpaired) electrons. The number of cyclic esters (lactones) is 1. The highest BCUT2D eigenvalue weighted by molar-refractivity contribution is 8.00. The summed E-state index contributed by atoms with van der Waals surface area (Å²) in [5, 5.41) is 0. The number of carbonyl (C=O) groups excluding carboxylic acids is 1. The zero-order chi connectivity index (χ0) is 10.3. The van der Waals surface area contributed by atoms with E-state index < -0.39 is 23.0 Å². The van der Waals surface area contributed by atoms with E-state index in [1.54, 1.807) is 0 Å². The van der Waals surface area contributed by atoms with E-state index >= 15 is 0 Å². The van der Waals surface area contributed by atoms with Gasteiger partial charge in [0.25, 0.3) is 0 Å². The zero-order valence-corrected chi connectivity index (χ0v) is 7.96. The molecule has 0 saturated carbocycles. The Morgan fingerprint density at radius 3 is 2.31 bits per heavy atom. The first-order valence-corrected chi connectivity index (χ1v) is 4.89. The second kappa shape index (κ2) is 3.08. The van der Waals surface area contributed by atoms with Crippen molar-refractivity contribution in [3.8, 4) is 0 Å². The minimum Gasteiger partial charge on any atom is -0.461 e. The van der Waals surface area contributed by atoms with E-state index in [0.717, 1.165) is 0 Å². The molecule has 1 saturated heterocycles. The van der Waals surface area contributed by atoms with Gasteiger partial charge in [-0.25, -0.2) is 0 Å². The molecule has 2 unspecified atom stereocenters. The summed E-state index contributed by atoms with van der Waals surface area (Å²) in [7, 11) is 0. The van der Waals surface area contributed by atoms with Crippen LogP contribution in [-0.4, -0.2) is 29.3 Å². The minimum absolute atomic E-state index is 0.295. The number of rotatable bonds is 1. The molecule has 0 amide bonds. The number of hydrogen-bond acceptors (Lipinski definition) is 3. The Morgan fingerprint density at radius 1 is 1.62 bits per heavy atom. The van der Waals surface area contributed by atoms with Gasteiger partial charge in [-0.1, -0.05) is 0 Å². The molecule has 1 aliphatic heterocycles. The van der Waals surface area contributed by atoms with E-state index in [9.17, 15) is 18.0 Å². The normalized spacial score (nSPS) is 34.8. The Bertz CT molecular complexity index is 228. The van der Waals surface area contributed by atoms with Gasteiger partial charge in [0, 0.05) is 6.42 Å². The van der Waals surface area contributed by atoms with Crippen molar-refractivity contribution in [1.82, 2.24) is 0 Å². The Hall–Kier alpha value is -0.390. The number of ether oxygens (including phenoxy) is 1. The lowest BCUT2D eigenvalue weighted by Gasteiger charge is -2.24. The van der Waals surface area contributed by atoms with E-state index in [-0.39, 0.29) is 6.42 Å². The van der Waals surface area contributed by atoms with E-state index in [4.69, 9.17) is 0 Å². The predicted octanol–water partition coefficient (Wildman–Crippen LogP) is 1.99. The molecule has 13 heavy (non-hydrogen) atoms. The van der Waals surface area contributed by atoms with Gasteiger partial charge in [0.05, 0.1) is 0 Å². The van der Waals surface area contributed by atoms with E-state index in [0.29, 0.717) is 11.8 Å². The summed E-state index contributed by atoms with van der Waals surface area (Å²) in [5.74, 6) is -1.17. The summed E-state index contributed by atoms with van der Waals surface area (Å²) in [6, 6.07) is 0. The van der Waals surface area contributed by atoms with Gasteiger partial charge in [0.2, 0.25) is 4.75 Å². The molecule has 1 rings (SSSR count). The lowest BCUT2D eigenvalue weighted by molar-refractivity contribution is -0.175. The van der Waals surface area contributed by atoms with Crippen LogP contribution in [0, 0.1) is 0 Å². The Balaban J connectivity index is 3.01. The van der Waals surface area contributed by atoms with E-state index in [2.05, 4.69) is 4.74 Å². The lowest BCUT2D eigenvalue weighted by Crippen LogP contribution is -2.45. The van der Waals surface area contributed by atoms with Gasteiger partial charge in [-0.3, -0.25) is 4.79 Å². The van der Waals surface area contributed by atoms with Crippen LogP contribution in [-0.2, 0) is 9.53 Å². The monoisotopic (exact) mass is 214 g/mol. The van der Waals surface area contributed by atoms with Crippen LogP contribution in [0.25, 0.3) is 0 Å². The third-order valence-corrected chi connectivity index (χ3v) is 3.28. The van der Waals surface area contributed by atoms with Gasteiger partial charge in [-0.15, -0.1) is 11.8 Å². The molecular weight excluding hydrogens is 205 g/mol. The van der Waals surface area contributed by atoms with Crippen molar-refractivity contribution in [2.45, 2.75) is 30.4 Å². The molecule has 0 spiro atoms. The first-order chi connectivity index (χ1) is 5.83. The molecule has 76 valence electrons. The highest BCUT2D eigenvalue weighted by Gasteiger charge is 2.65. The summed E-state index contributed by atoms with van der Waals surface area (Å²) in [4.78, 5) is 11.0. The van der Waals surface area contributed by atoms with Crippen molar-refractivity contribution >= 4 is 17.7 Å². The van der Waals surface area contributed by atoms with Gasteiger partial charge < -0.3 is 4.74 Å². The topological polar surface area (TPSA) is 26.3 Å². The smallest absolute Gasteiger partial charge is 0.413 e. The summed E-state index contributed by atoms with van der Waals surface area (Å²) in [6.07, 6.45) is -4.21. The summed E-state index contributed by atoms with van der Waals surface area (Å²) in [5.41, 5.74) is 0. The zero-order valence-electron chi connectivity index (χ0n) is 7.14. The molecule has 2 atom stereocenters. The standard InChI is InChI=1S/C7H9F3O2S/c1-4-3-6(13-2,5(11)12-4)7(8,9)10/h4H,3H2,1-2H3. The summed E-state index contributed by atoms with van der Waals surface area (Å²) < 4.78 is 39.7. The third-order valence-electron chi connectivity index (χ3n) is 2.02. The van der Waals surface area contributed by atoms with Crippen molar-refractivity contribution < 1.29 is 22.7 Å². The van der Waals surface area contributed by atoms with E-state index in [1.165, 1.54) is 13.2 Å². The van der Waals surface area contributed by atoms with Gasteiger partial charge in [-0.2, -0.15) is 13.2 Å². The van der Waals surface area contributed by atoms with Gasteiger partial charge in [-0.05, 0) is 13.2 Å². The molecule has 0 bridgehead atoms. The molecule has 0 N–H and O–H groups in total. The highest BCUT2D eigenvalue weighted by Crippen LogP contribution is 2.48. The first kappa shape index (κ1) is 10.7. The first-order valence-electron chi connectivity index (χ1n) is 3.66. The second-order valence-electron chi connectivity index (χ2n) is 2.95. The number of esters is 1. The molecule has 1 fully saturated rings. The average molecular weight is 214 g/mol. The molecule has 0 aromatic heterocycles. The molecule has 1 aliphatic rings. The Morgan fingerprint density at radius 2 is 2.15 bits per heavy atom. The van der Waals surface area contributed by atoms with Crippen molar-refractivity contribution in [2.75, 3.05) is 6.26 Å². The summed E-state index contributed by atoms with van der Waals surface area (Å²) >= 11 is 0.499. The maximum atomic E-state index is 12.5. The molecule has 0 aromatic carbocycles. The number of carbonyl (C=O) groups is 1.